The smallest absolute Gasteiger partial charge is 0.234 e. The van der Waals surface area contributed by atoms with E-state index in [-0.39, 0.29) is 11.7 Å². The van der Waals surface area contributed by atoms with Gasteiger partial charge in [-0.3, -0.25) is 4.79 Å². The van der Waals surface area contributed by atoms with Gasteiger partial charge in [-0.1, -0.05) is 36.9 Å². The average Bonchev–Trinajstić information content (AvgIpc) is 3.23. The van der Waals surface area contributed by atoms with Crippen LogP contribution in [0.15, 0.2) is 59.8 Å². The number of tetrazole rings is 1. The van der Waals surface area contributed by atoms with Gasteiger partial charge in [0.25, 0.3) is 0 Å². The molecule has 0 spiro atoms. The number of thioether (sulfide) groups is 1. The van der Waals surface area contributed by atoms with E-state index < -0.39 is 0 Å². The highest BCUT2D eigenvalue weighted by Crippen LogP contribution is 2.24. The number of nitrogens with one attached hydrogen (secondary N) is 1. The topological polar surface area (TPSA) is 75.9 Å². The van der Waals surface area contributed by atoms with Gasteiger partial charge in [0.1, 0.15) is 0 Å². The van der Waals surface area contributed by atoms with Crippen LogP contribution in [0, 0.1) is 5.92 Å². The zero-order valence-electron chi connectivity index (χ0n) is 16.4. The van der Waals surface area contributed by atoms with Crippen molar-refractivity contribution in [2.75, 3.05) is 29.1 Å². The summed E-state index contributed by atoms with van der Waals surface area (Å²) in [7, 11) is 0. The van der Waals surface area contributed by atoms with Crippen molar-refractivity contribution in [3.05, 3.63) is 54.6 Å². The number of hydrogen-bond donors (Lipinski definition) is 1. The van der Waals surface area contributed by atoms with Gasteiger partial charge in [0.05, 0.1) is 11.4 Å². The van der Waals surface area contributed by atoms with Gasteiger partial charge in [-0.05, 0) is 65.6 Å². The first-order chi connectivity index (χ1) is 14.2. The molecule has 0 atom stereocenters. The number of nitrogens with zero attached hydrogens (tertiary/aromatic N) is 5. The van der Waals surface area contributed by atoms with E-state index in [0.29, 0.717) is 5.16 Å². The van der Waals surface area contributed by atoms with Crippen molar-refractivity contribution in [3.8, 4) is 5.69 Å². The molecule has 150 valence electrons. The van der Waals surface area contributed by atoms with E-state index in [0.717, 1.165) is 30.4 Å². The number of carbonyl (C=O) groups is 1. The molecule has 8 heteroatoms. The lowest BCUT2D eigenvalue weighted by Gasteiger charge is -2.32. The summed E-state index contributed by atoms with van der Waals surface area (Å²) < 4.78 is 1.63. The Morgan fingerprint density at radius 3 is 2.52 bits per heavy atom. The highest BCUT2D eigenvalue weighted by Gasteiger charge is 2.16. The van der Waals surface area contributed by atoms with Crippen molar-refractivity contribution in [2.45, 2.75) is 24.9 Å². The van der Waals surface area contributed by atoms with Crippen LogP contribution >= 0.6 is 11.8 Å². The van der Waals surface area contributed by atoms with Gasteiger partial charge in [0.2, 0.25) is 11.1 Å². The predicted molar refractivity (Wildman–Crippen MR) is 116 cm³/mol. The summed E-state index contributed by atoms with van der Waals surface area (Å²) in [5, 5.41) is 15.3. The van der Waals surface area contributed by atoms with E-state index in [1.54, 1.807) is 4.68 Å². The molecule has 2 aromatic carbocycles. The third-order valence-electron chi connectivity index (χ3n) is 5.07. The molecule has 1 aromatic heterocycles. The van der Waals surface area contributed by atoms with Gasteiger partial charge in [-0.2, -0.15) is 4.68 Å². The fourth-order valence-electron chi connectivity index (χ4n) is 3.35. The summed E-state index contributed by atoms with van der Waals surface area (Å²) in [6, 6.07) is 17.7. The van der Waals surface area contributed by atoms with Crippen molar-refractivity contribution in [1.82, 2.24) is 20.2 Å². The molecule has 0 saturated carbocycles. The molecule has 0 bridgehead atoms. The summed E-state index contributed by atoms with van der Waals surface area (Å²) >= 11 is 1.31. The first-order valence-electron chi connectivity index (χ1n) is 9.80. The van der Waals surface area contributed by atoms with E-state index in [1.165, 1.54) is 30.3 Å². The van der Waals surface area contributed by atoms with Crippen LogP contribution < -0.4 is 10.2 Å². The number of aromatic nitrogens is 4. The Bertz CT molecular complexity index is 935. The number of para-hydroxylation sites is 1. The van der Waals surface area contributed by atoms with Crippen LogP contribution in [0.25, 0.3) is 5.69 Å². The van der Waals surface area contributed by atoms with E-state index in [9.17, 15) is 4.79 Å². The van der Waals surface area contributed by atoms with Crippen molar-refractivity contribution in [3.63, 3.8) is 0 Å². The van der Waals surface area contributed by atoms with Crippen molar-refractivity contribution < 1.29 is 4.79 Å². The third kappa shape index (κ3) is 4.95. The molecule has 29 heavy (non-hydrogen) atoms. The highest BCUT2D eigenvalue weighted by atomic mass is 32.2. The molecule has 1 fully saturated rings. The van der Waals surface area contributed by atoms with E-state index in [2.05, 4.69) is 44.8 Å². The molecule has 1 saturated heterocycles. The maximum Gasteiger partial charge on any atom is 0.234 e. The van der Waals surface area contributed by atoms with Crippen LogP contribution in [0.4, 0.5) is 11.4 Å². The van der Waals surface area contributed by atoms with E-state index in [4.69, 9.17) is 0 Å². The second-order valence-corrected chi connectivity index (χ2v) is 8.20. The van der Waals surface area contributed by atoms with Crippen LogP contribution in [0.1, 0.15) is 19.8 Å². The first-order valence-corrected chi connectivity index (χ1v) is 10.8. The lowest BCUT2D eigenvalue weighted by Crippen LogP contribution is -2.32. The second kappa shape index (κ2) is 9.09. The van der Waals surface area contributed by atoms with Crippen LogP contribution in [0.3, 0.4) is 0 Å². The van der Waals surface area contributed by atoms with Gasteiger partial charge in [0, 0.05) is 24.5 Å². The van der Waals surface area contributed by atoms with Crippen LogP contribution in [-0.2, 0) is 4.79 Å². The largest absolute Gasteiger partial charge is 0.372 e. The minimum absolute atomic E-state index is 0.0860. The predicted octanol–water partition coefficient (Wildman–Crippen LogP) is 3.63. The minimum Gasteiger partial charge on any atom is -0.372 e. The Kier molecular flexibility index (Phi) is 6.09. The number of amides is 1. The molecule has 1 N–H and O–H groups in total. The van der Waals surface area contributed by atoms with Gasteiger partial charge in [-0.25, -0.2) is 0 Å². The molecule has 0 aliphatic carbocycles. The molecular weight excluding hydrogens is 384 g/mol. The van der Waals surface area contributed by atoms with E-state index >= 15 is 0 Å². The zero-order valence-corrected chi connectivity index (χ0v) is 17.2. The molecule has 1 amide bonds. The van der Waals surface area contributed by atoms with Crippen LogP contribution in [-0.4, -0.2) is 45.0 Å². The molecule has 7 nitrogen and oxygen atoms in total. The number of anilines is 2. The standard InChI is InChI=1S/C21H24N6OS/c1-16-11-13-26(14-12-16)18-9-7-17(8-10-18)22-20(28)15-29-21-23-24-25-27(21)19-5-3-2-4-6-19/h2-10,16H,11-15H2,1H3,(H,22,28). The normalized spacial score (nSPS) is 14.7. The maximum atomic E-state index is 12.4. The Hall–Kier alpha value is -2.87. The Morgan fingerprint density at radius 1 is 1.07 bits per heavy atom. The van der Waals surface area contributed by atoms with Gasteiger partial charge in [-0.15, -0.1) is 5.10 Å². The summed E-state index contributed by atoms with van der Waals surface area (Å²) in [6.07, 6.45) is 2.47. The number of benzene rings is 2. The summed E-state index contributed by atoms with van der Waals surface area (Å²) in [4.78, 5) is 14.8. The fraction of sp³-hybridized carbons (Fsp3) is 0.333. The maximum absolute atomic E-state index is 12.4. The number of hydrogen-bond acceptors (Lipinski definition) is 6. The summed E-state index contributed by atoms with van der Waals surface area (Å²) in [5.41, 5.74) is 2.88. The van der Waals surface area contributed by atoms with Crippen molar-refractivity contribution in [1.29, 1.82) is 0 Å². The van der Waals surface area contributed by atoms with Crippen molar-refractivity contribution >= 4 is 29.0 Å². The number of carbonyl (C=O) groups excluding carboxylic acids is 1. The number of rotatable bonds is 6. The van der Waals surface area contributed by atoms with Gasteiger partial charge >= 0.3 is 0 Å². The molecule has 0 unspecified atom stereocenters. The zero-order chi connectivity index (χ0) is 20.1. The lowest BCUT2D eigenvalue weighted by molar-refractivity contribution is -0.113. The monoisotopic (exact) mass is 408 g/mol. The first kappa shape index (κ1) is 19.4. The molecule has 1 aliphatic rings. The highest BCUT2D eigenvalue weighted by molar-refractivity contribution is 7.99. The molecule has 1 aliphatic heterocycles. The van der Waals surface area contributed by atoms with E-state index in [1.807, 2.05) is 42.5 Å². The fourth-order valence-corrected chi connectivity index (χ4v) is 4.04. The number of piperidine rings is 1. The Balaban J connectivity index is 1.31. The summed E-state index contributed by atoms with van der Waals surface area (Å²) in [5.74, 6) is 0.959. The average molecular weight is 409 g/mol. The molecular formula is C21H24N6OS. The quantitative estimate of drug-likeness (QED) is 0.628. The van der Waals surface area contributed by atoms with Crippen molar-refractivity contribution in [2.24, 2.45) is 5.92 Å². The minimum atomic E-state index is -0.0860. The van der Waals surface area contributed by atoms with Crippen LogP contribution in [0.5, 0.6) is 0 Å². The SMILES string of the molecule is CC1CCN(c2ccc(NC(=O)CSc3nnnn3-c3ccccc3)cc2)CC1. The van der Waals surface area contributed by atoms with Gasteiger partial charge < -0.3 is 10.2 Å². The molecule has 4 rings (SSSR count). The summed E-state index contributed by atoms with van der Waals surface area (Å²) in [6.45, 7) is 4.51. The Morgan fingerprint density at radius 2 is 1.79 bits per heavy atom. The Labute approximate surface area is 174 Å². The van der Waals surface area contributed by atoms with Crippen LogP contribution in [0.2, 0.25) is 0 Å². The third-order valence-corrected chi connectivity index (χ3v) is 5.99. The molecule has 0 radical (unpaired) electrons. The molecule has 2 heterocycles. The molecule has 3 aromatic rings. The lowest BCUT2D eigenvalue weighted by atomic mass is 9.99. The second-order valence-electron chi connectivity index (χ2n) is 7.26. The van der Waals surface area contributed by atoms with Gasteiger partial charge in [0.15, 0.2) is 0 Å².